The van der Waals surface area contributed by atoms with Crippen LogP contribution in [0.1, 0.15) is 22.5 Å². The quantitative estimate of drug-likeness (QED) is 0.784. The van der Waals surface area contributed by atoms with E-state index in [1.165, 1.54) is 7.11 Å². The Morgan fingerprint density at radius 3 is 2.78 bits per heavy atom. The molecule has 2 N–H and O–H groups in total. The second kappa shape index (κ2) is 8.59. The Kier molecular flexibility index (Phi) is 5.97. The Balaban J connectivity index is 1.75. The Morgan fingerprint density at radius 1 is 1.15 bits per heavy atom. The number of hydrogen-bond donors (Lipinski definition) is 1. The van der Waals surface area contributed by atoms with Crippen LogP contribution in [0.3, 0.4) is 0 Å². The third-order valence-corrected chi connectivity index (χ3v) is 4.49. The van der Waals surface area contributed by atoms with E-state index in [1.54, 1.807) is 35.4 Å². The first-order chi connectivity index (χ1) is 13.1. The van der Waals surface area contributed by atoms with Crippen molar-refractivity contribution in [1.29, 1.82) is 0 Å². The van der Waals surface area contributed by atoms with E-state index < -0.39 is 0 Å². The minimum absolute atomic E-state index is 0.0108. The number of carbonyl (C=O) groups is 2. The summed E-state index contributed by atoms with van der Waals surface area (Å²) < 4.78 is 4.93. The highest BCUT2D eigenvalue weighted by Crippen LogP contribution is 2.18. The third kappa shape index (κ3) is 4.40. The largest absolute Gasteiger partial charge is 0.383 e. The van der Waals surface area contributed by atoms with E-state index in [-0.39, 0.29) is 24.1 Å². The molecule has 1 fully saturated rings. The molecule has 0 bridgehead atoms. The molecule has 1 amide bonds. The van der Waals surface area contributed by atoms with Crippen molar-refractivity contribution in [1.82, 2.24) is 14.9 Å². The van der Waals surface area contributed by atoms with Crippen LogP contribution >= 0.6 is 0 Å². The fourth-order valence-corrected chi connectivity index (χ4v) is 3.08. The number of nitrogens with two attached hydrogens (primary N) is 1. The summed E-state index contributed by atoms with van der Waals surface area (Å²) in [7, 11) is 1.52. The van der Waals surface area contributed by atoms with Gasteiger partial charge in [-0.25, -0.2) is 9.97 Å². The van der Waals surface area contributed by atoms with Crippen molar-refractivity contribution in [3.05, 3.63) is 47.8 Å². The molecular formula is C19H23N5O3. The van der Waals surface area contributed by atoms with E-state index in [1.807, 2.05) is 6.07 Å². The van der Waals surface area contributed by atoms with Gasteiger partial charge in [-0.15, -0.1) is 0 Å². The smallest absolute Gasteiger partial charge is 0.248 e. The Hall–Kier alpha value is -3.00. The SMILES string of the molecule is COCC(=O)N1CCCN(c2cccc(C(=O)c3cccnc3N)n2)CC1. The monoisotopic (exact) mass is 369 g/mol. The number of rotatable bonds is 5. The number of nitrogen functional groups attached to an aromatic ring is 1. The number of nitrogens with zero attached hydrogens (tertiary/aromatic N) is 4. The van der Waals surface area contributed by atoms with Crippen LogP contribution in [0.15, 0.2) is 36.5 Å². The lowest BCUT2D eigenvalue weighted by Gasteiger charge is -2.23. The van der Waals surface area contributed by atoms with Crippen molar-refractivity contribution in [2.24, 2.45) is 0 Å². The molecule has 0 unspecified atom stereocenters. The first-order valence-corrected chi connectivity index (χ1v) is 8.84. The predicted octanol–water partition coefficient (Wildman–Crippen LogP) is 0.975. The maximum atomic E-state index is 12.7. The molecule has 0 atom stereocenters. The molecule has 8 heteroatoms. The van der Waals surface area contributed by atoms with Crippen molar-refractivity contribution < 1.29 is 14.3 Å². The van der Waals surface area contributed by atoms with E-state index in [9.17, 15) is 9.59 Å². The zero-order valence-electron chi connectivity index (χ0n) is 15.3. The Labute approximate surface area is 158 Å². The number of hydrogen-bond acceptors (Lipinski definition) is 7. The maximum Gasteiger partial charge on any atom is 0.248 e. The van der Waals surface area contributed by atoms with Crippen LogP contribution in [0.2, 0.25) is 0 Å². The molecule has 0 aromatic carbocycles. The van der Waals surface area contributed by atoms with E-state index in [0.717, 1.165) is 13.0 Å². The number of aromatic nitrogens is 2. The molecule has 0 spiro atoms. The van der Waals surface area contributed by atoms with Crippen LogP contribution in [0, 0.1) is 0 Å². The van der Waals surface area contributed by atoms with Crippen molar-refractivity contribution in [2.75, 3.05) is 50.5 Å². The van der Waals surface area contributed by atoms with E-state index in [2.05, 4.69) is 14.9 Å². The maximum absolute atomic E-state index is 12.7. The molecule has 3 heterocycles. The number of ether oxygens (including phenoxy) is 1. The first-order valence-electron chi connectivity index (χ1n) is 8.84. The summed E-state index contributed by atoms with van der Waals surface area (Å²) in [6.45, 7) is 2.78. The molecule has 27 heavy (non-hydrogen) atoms. The first kappa shape index (κ1) is 18.8. The molecule has 3 rings (SSSR count). The number of anilines is 2. The minimum atomic E-state index is -0.255. The number of ketones is 1. The van der Waals surface area contributed by atoms with E-state index >= 15 is 0 Å². The lowest BCUT2D eigenvalue weighted by molar-refractivity contribution is -0.134. The van der Waals surface area contributed by atoms with Crippen LogP contribution in [0.4, 0.5) is 11.6 Å². The van der Waals surface area contributed by atoms with Crippen molar-refractivity contribution >= 4 is 23.3 Å². The van der Waals surface area contributed by atoms with Gasteiger partial charge in [-0.05, 0) is 30.7 Å². The highest BCUT2D eigenvalue weighted by Gasteiger charge is 2.21. The van der Waals surface area contributed by atoms with Gasteiger partial charge in [0.2, 0.25) is 11.7 Å². The molecule has 142 valence electrons. The summed E-state index contributed by atoms with van der Waals surface area (Å²) in [4.78, 5) is 37.1. The molecule has 0 radical (unpaired) electrons. The molecule has 0 aliphatic carbocycles. The molecule has 1 aliphatic rings. The minimum Gasteiger partial charge on any atom is -0.383 e. The average molecular weight is 369 g/mol. The van der Waals surface area contributed by atoms with Gasteiger partial charge >= 0.3 is 0 Å². The molecule has 2 aromatic rings. The van der Waals surface area contributed by atoms with Crippen molar-refractivity contribution in [3.8, 4) is 0 Å². The van der Waals surface area contributed by atoms with Gasteiger partial charge in [-0.2, -0.15) is 0 Å². The van der Waals surface area contributed by atoms with Gasteiger partial charge in [-0.3, -0.25) is 9.59 Å². The van der Waals surface area contributed by atoms with Crippen LogP contribution in [-0.2, 0) is 9.53 Å². The van der Waals surface area contributed by atoms with Crippen LogP contribution in [-0.4, -0.2) is 66.5 Å². The number of carbonyl (C=O) groups excluding carboxylic acids is 2. The third-order valence-electron chi connectivity index (χ3n) is 4.49. The van der Waals surface area contributed by atoms with Gasteiger partial charge in [0.1, 0.15) is 23.9 Å². The summed E-state index contributed by atoms with van der Waals surface area (Å²) in [5, 5.41) is 0. The highest BCUT2D eigenvalue weighted by molar-refractivity contribution is 6.10. The second-order valence-corrected chi connectivity index (χ2v) is 6.30. The van der Waals surface area contributed by atoms with Gasteiger partial charge in [0.25, 0.3) is 0 Å². The summed E-state index contributed by atoms with van der Waals surface area (Å²) >= 11 is 0. The summed E-state index contributed by atoms with van der Waals surface area (Å²) in [6.07, 6.45) is 2.37. The molecule has 1 saturated heterocycles. The Bertz CT molecular complexity index is 826. The second-order valence-electron chi connectivity index (χ2n) is 6.30. The summed E-state index contributed by atoms with van der Waals surface area (Å²) in [5.41, 5.74) is 6.48. The summed E-state index contributed by atoms with van der Waals surface area (Å²) in [5.74, 6) is 0.638. The molecule has 2 aromatic heterocycles. The number of methoxy groups -OCH3 is 1. The van der Waals surface area contributed by atoms with Gasteiger partial charge in [0.05, 0.1) is 5.56 Å². The van der Waals surface area contributed by atoms with Crippen LogP contribution in [0.25, 0.3) is 0 Å². The van der Waals surface area contributed by atoms with E-state index in [4.69, 9.17) is 10.5 Å². The van der Waals surface area contributed by atoms with Gasteiger partial charge in [-0.1, -0.05) is 6.07 Å². The fraction of sp³-hybridized carbons (Fsp3) is 0.368. The normalized spacial score (nSPS) is 14.7. The summed E-state index contributed by atoms with van der Waals surface area (Å²) in [6, 6.07) is 8.67. The van der Waals surface area contributed by atoms with Crippen molar-refractivity contribution in [3.63, 3.8) is 0 Å². The van der Waals surface area contributed by atoms with Gasteiger partial charge < -0.3 is 20.3 Å². The zero-order chi connectivity index (χ0) is 19.2. The van der Waals surface area contributed by atoms with Gasteiger partial charge in [0, 0.05) is 39.5 Å². The number of pyridine rings is 2. The fourth-order valence-electron chi connectivity index (χ4n) is 3.08. The highest BCUT2D eigenvalue weighted by atomic mass is 16.5. The lowest BCUT2D eigenvalue weighted by atomic mass is 10.1. The standard InChI is InChI=1S/C19H23N5O3/c1-27-13-17(25)24-10-4-9-23(11-12-24)16-7-2-6-15(22-16)18(26)14-5-3-8-21-19(14)20/h2-3,5-8H,4,9-13H2,1H3,(H2,20,21). The Morgan fingerprint density at radius 2 is 2.00 bits per heavy atom. The molecular weight excluding hydrogens is 346 g/mol. The van der Waals surface area contributed by atoms with E-state index in [0.29, 0.717) is 36.7 Å². The van der Waals surface area contributed by atoms with Crippen LogP contribution < -0.4 is 10.6 Å². The van der Waals surface area contributed by atoms with Crippen LogP contribution in [0.5, 0.6) is 0 Å². The topological polar surface area (TPSA) is 102 Å². The van der Waals surface area contributed by atoms with Gasteiger partial charge in [0.15, 0.2) is 0 Å². The molecule has 8 nitrogen and oxygen atoms in total. The zero-order valence-corrected chi connectivity index (χ0v) is 15.3. The number of amides is 1. The molecule has 0 saturated carbocycles. The molecule has 1 aliphatic heterocycles. The lowest BCUT2D eigenvalue weighted by Crippen LogP contribution is -2.37. The predicted molar refractivity (Wildman–Crippen MR) is 102 cm³/mol. The average Bonchev–Trinajstić information content (AvgIpc) is 2.94. The van der Waals surface area contributed by atoms with Crippen molar-refractivity contribution in [2.45, 2.75) is 6.42 Å².